The van der Waals surface area contributed by atoms with Crippen molar-refractivity contribution < 1.29 is 8.42 Å². The molecule has 2 N–H and O–H groups in total. The molecule has 5 nitrogen and oxygen atoms in total. The fraction of sp³-hybridized carbons (Fsp3) is 0.917. The van der Waals surface area contributed by atoms with Gasteiger partial charge in [0.15, 0.2) is 15.8 Å². The first-order valence-corrected chi connectivity index (χ1v) is 8.27. The van der Waals surface area contributed by atoms with Crippen LogP contribution in [0.3, 0.4) is 0 Å². The minimum atomic E-state index is -3.12. The molecule has 1 atom stereocenters. The van der Waals surface area contributed by atoms with Gasteiger partial charge < -0.3 is 10.6 Å². The monoisotopic (exact) mass is 275 g/mol. The Morgan fingerprint density at radius 3 is 2.61 bits per heavy atom. The summed E-state index contributed by atoms with van der Waals surface area (Å²) >= 11 is 0. The van der Waals surface area contributed by atoms with Gasteiger partial charge in [0.25, 0.3) is 0 Å². The van der Waals surface area contributed by atoms with Crippen LogP contribution in [0.5, 0.6) is 0 Å². The van der Waals surface area contributed by atoms with Crippen LogP contribution in [-0.2, 0) is 9.84 Å². The summed E-state index contributed by atoms with van der Waals surface area (Å²) < 4.78 is 22.3. The normalized spacial score (nSPS) is 23.2. The van der Waals surface area contributed by atoms with E-state index in [0.717, 1.165) is 19.5 Å². The fourth-order valence-electron chi connectivity index (χ4n) is 1.89. The van der Waals surface area contributed by atoms with Crippen molar-refractivity contribution in [2.45, 2.75) is 38.4 Å². The summed E-state index contributed by atoms with van der Waals surface area (Å²) in [7, 11) is -3.12. The molecule has 1 aliphatic heterocycles. The zero-order chi connectivity index (χ0) is 14.0. The largest absolute Gasteiger partial charge is 0.370 e. The molecular weight excluding hydrogens is 250 g/mol. The van der Waals surface area contributed by atoms with Gasteiger partial charge in [0.2, 0.25) is 0 Å². The average molecular weight is 275 g/mol. The second kappa shape index (κ2) is 5.47. The zero-order valence-electron chi connectivity index (χ0n) is 11.8. The number of sulfone groups is 1. The van der Waals surface area contributed by atoms with E-state index in [1.54, 1.807) is 13.8 Å². The van der Waals surface area contributed by atoms with Crippen molar-refractivity contribution in [3.05, 3.63) is 0 Å². The van der Waals surface area contributed by atoms with Crippen molar-refractivity contribution in [1.29, 1.82) is 0 Å². The molecule has 1 rings (SSSR count). The Bertz CT molecular complexity index is 415. The third-order valence-electron chi connectivity index (χ3n) is 3.61. The van der Waals surface area contributed by atoms with E-state index in [-0.39, 0.29) is 6.54 Å². The van der Waals surface area contributed by atoms with Gasteiger partial charge in [-0.3, -0.25) is 4.99 Å². The standard InChI is InChI=1S/C12H25N3O2S/c1-10-6-5-7-15(8-10)11(13)14-9-12(2,3)18(4,16)17/h10H,5-9H2,1-4H3,(H2,13,14). The van der Waals surface area contributed by atoms with Crippen LogP contribution in [-0.4, -0.2) is 49.9 Å². The van der Waals surface area contributed by atoms with E-state index in [0.29, 0.717) is 11.9 Å². The van der Waals surface area contributed by atoms with Crippen LogP contribution in [0.2, 0.25) is 0 Å². The molecule has 0 spiro atoms. The number of guanidine groups is 1. The Balaban J connectivity index is 2.67. The van der Waals surface area contributed by atoms with Crippen molar-refractivity contribution in [2.24, 2.45) is 16.6 Å². The van der Waals surface area contributed by atoms with E-state index in [4.69, 9.17) is 5.73 Å². The number of piperidine rings is 1. The summed E-state index contributed by atoms with van der Waals surface area (Å²) in [5.41, 5.74) is 5.94. The van der Waals surface area contributed by atoms with Gasteiger partial charge in [0, 0.05) is 19.3 Å². The van der Waals surface area contributed by atoms with Gasteiger partial charge in [0.05, 0.1) is 11.3 Å². The number of hydrogen-bond donors (Lipinski definition) is 1. The highest BCUT2D eigenvalue weighted by Crippen LogP contribution is 2.17. The highest BCUT2D eigenvalue weighted by atomic mass is 32.2. The predicted molar refractivity (Wildman–Crippen MR) is 75.4 cm³/mol. The molecule has 6 heteroatoms. The van der Waals surface area contributed by atoms with E-state index in [9.17, 15) is 8.42 Å². The lowest BCUT2D eigenvalue weighted by Crippen LogP contribution is -2.44. The van der Waals surface area contributed by atoms with Crippen LogP contribution >= 0.6 is 0 Å². The summed E-state index contributed by atoms with van der Waals surface area (Å²) in [6.45, 7) is 7.59. The van der Waals surface area contributed by atoms with Gasteiger partial charge in [-0.15, -0.1) is 0 Å². The highest BCUT2D eigenvalue weighted by Gasteiger charge is 2.30. The van der Waals surface area contributed by atoms with Crippen LogP contribution in [0.4, 0.5) is 0 Å². The van der Waals surface area contributed by atoms with Crippen LogP contribution in [0.1, 0.15) is 33.6 Å². The lowest BCUT2D eigenvalue weighted by Gasteiger charge is -2.32. The number of aliphatic imine (C=N–C) groups is 1. The maximum Gasteiger partial charge on any atom is 0.191 e. The van der Waals surface area contributed by atoms with Gasteiger partial charge in [-0.25, -0.2) is 8.42 Å². The molecule has 0 saturated carbocycles. The minimum absolute atomic E-state index is 0.211. The molecule has 1 heterocycles. The van der Waals surface area contributed by atoms with Crippen molar-refractivity contribution in [3.63, 3.8) is 0 Å². The topological polar surface area (TPSA) is 75.8 Å². The summed E-state index contributed by atoms with van der Waals surface area (Å²) in [5.74, 6) is 1.09. The molecule has 0 aromatic carbocycles. The van der Waals surface area contributed by atoms with Crippen molar-refractivity contribution in [3.8, 4) is 0 Å². The first-order chi connectivity index (χ1) is 8.13. The number of nitrogens with zero attached hydrogens (tertiary/aromatic N) is 2. The van der Waals surface area contributed by atoms with Gasteiger partial charge in [-0.2, -0.15) is 0 Å². The molecule has 1 aliphatic rings. The Morgan fingerprint density at radius 1 is 1.50 bits per heavy atom. The molecule has 0 aromatic rings. The summed E-state index contributed by atoms with van der Waals surface area (Å²) in [6.07, 6.45) is 3.58. The molecule has 18 heavy (non-hydrogen) atoms. The lowest BCUT2D eigenvalue weighted by molar-refractivity contribution is 0.270. The molecule has 0 radical (unpaired) electrons. The molecule has 106 valence electrons. The van der Waals surface area contributed by atoms with E-state index in [2.05, 4.69) is 11.9 Å². The van der Waals surface area contributed by atoms with E-state index >= 15 is 0 Å². The first-order valence-electron chi connectivity index (χ1n) is 6.38. The van der Waals surface area contributed by atoms with E-state index in [1.165, 1.54) is 12.7 Å². The number of hydrogen-bond acceptors (Lipinski definition) is 3. The van der Waals surface area contributed by atoms with Gasteiger partial charge >= 0.3 is 0 Å². The summed E-state index contributed by atoms with van der Waals surface area (Å²) in [5, 5.41) is 0. The van der Waals surface area contributed by atoms with Crippen LogP contribution < -0.4 is 5.73 Å². The SMILES string of the molecule is CC1CCCN(C(N)=NCC(C)(C)S(C)(=O)=O)C1. The van der Waals surface area contributed by atoms with Gasteiger partial charge in [-0.1, -0.05) is 6.92 Å². The third kappa shape index (κ3) is 3.86. The Labute approximate surface area is 110 Å². The number of rotatable bonds is 3. The van der Waals surface area contributed by atoms with Gasteiger partial charge in [0.1, 0.15) is 0 Å². The fourth-order valence-corrected chi connectivity index (χ4v) is 2.19. The maximum absolute atomic E-state index is 11.6. The first kappa shape index (κ1) is 15.3. The molecule has 0 aromatic heterocycles. The van der Waals surface area contributed by atoms with Gasteiger partial charge in [-0.05, 0) is 32.6 Å². The smallest absolute Gasteiger partial charge is 0.191 e. The van der Waals surface area contributed by atoms with Crippen LogP contribution in [0.15, 0.2) is 4.99 Å². The number of likely N-dealkylation sites (tertiary alicyclic amines) is 1. The summed E-state index contributed by atoms with van der Waals surface area (Å²) in [4.78, 5) is 6.31. The molecule has 0 bridgehead atoms. The predicted octanol–water partition coefficient (Wildman–Crippen LogP) is 0.856. The second-order valence-electron chi connectivity index (χ2n) is 5.90. The second-order valence-corrected chi connectivity index (χ2v) is 8.55. The average Bonchev–Trinajstić information content (AvgIpc) is 2.24. The minimum Gasteiger partial charge on any atom is -0.370 e. The van der Waals surface area contributed by atoms with Crippen molar-refractivity contribution in [1.82, 2.24) is 4.90 Å². The Morgan fingerprint density at radius 2 is 2.11 bits per heavy atom. The van der Waals surface area contributed by atoms with E-state index < -0.39 is 14.6 Å². The summed E-state index contributed by atoms with van der Waals surface area (Å²) in [6, 6.07) is 0. The maximum atomic E-state index is 11.6. The van der Waals surface area contributed by atoms with E-state index in [1.807, 2.05) is 4.90 Å². The Hall–Kier alpha value is -0.780. The molecule has 1 unspecified atom stereocenters. The van der Waals surface area contributed by atoms with Crippen molar-refractivity contribution in [2.75, 3.05) is 25.9 Å². The third-order valence-corrected chi connectivity index (χ3v) is 5.74. The number of nitrogens with two attached hydrogens (primary N) is 1. The van der Waals surface area contributed by atoms with Crippen LogP contribution in [0.25, 0.3) is 0 Å². The lowest BCUT2D eigenvalue weighted by atomic mass is 10.0. The molecular formula is C12H25N3O2S. The zero-order valence-corrected chi connectivity index (χ0v) is 12.6. The highest BCUT2D eigenvalue weighted by molar-refractivity contribution is 7.92. The van der Waals surface area contributed by atoms with Crippen molar-refractivity contribution >= 4 is 15.8 Å². The molecule has 1 saturated heterocycles. The molecule has 1 fully saturated rings. The molecule has 0 amide bonds. The molecule has 0 aliphatic carbocycles. The van der Waals surface area contributed by atoms with Crippen LogP contribution in [0, 0.1) is 5.92 Å². The Kier molecular flexibility index (Phi) is 4.64. The quantitative estimate of drug-likeness (QED) is 0.612.